The Labute approximate surface area is 196 Å². The van der Waals surface area contributed by atoms with Gasteiger partial charge < -0.3 is 14.1 Å². The lowest BCUT2D eigenvalue weighted by Gasteiger charge is -2.31. The zero-order valence-corrected chi connectivity index (χ0v) is 19.6. The predicted molar refractivity (Wildman–Crippen MR) is 122 cm³/mol. The van der Waals surface area contributed by atoms with Crippen LogP contribution < -0.4 is 0 Å². The van der Waals surface area contributed by atoms with E-state index in [0.29, 0.717) is 56.7 Å². The van der Waals surface area contributed by atoms with E-state index in [-0.39, 0.29) is 16.7 Å². The van der Waals surface area contributed by atoms with Crippen LogP contribution in [0.2, 0.25) is 0 Å². The minimum absolute atomic E-state index is 0.0245. The lowest BCUT2D eigenvalue weighted by molar-refractivity contribution is 0.0698. The molecular formula is C22H24N4O5S2. The van der Waals surface area contributed by atoms with Crippen molar-refractivity contribution in [3.05, 3.63) is 52.5 Å². The zero-order chi connectivity index (χ0) is 22.8. The maximum Gasteiger partial charge on any atom is 0.253 e. The number of likely N-dealkylation sites (tertiary alicyclic amines) is 1. The number of thiophene rings is 1. The monoisotopic (exact) mass is 488 g/mol. The van der Waals surface area contributed by atoms with Gasteiger partial charge in [0.2, 0.25) is 21.8 Å². The van der Waals surface area contributed by atoms with Crippen LogP contribution in [0.1, 0.15) is 35.0 Å². The first-order valence-corrected chi connectivity index (χ1v) is 13.2. The minimum atomic E-state index is -3.59. The molecule has 1 unspecified atom stereocenters. The molecule has 9 nitrogen and oxygen atoms in total. The molecule has 1 amide bonds. The highest BCUT2D eigenvalue weighted by Gasteiger charge is 2.30. The summed E-state index contributed by atoms with van der Waals surface area (Å²) in [6, 6.07) is 8.11. The molecular weight excluding hydrogens is 464 g/mol. The quantitative estimate of drug-likeness (QED) is 0.544. The Balaban J connectivity index is 1.27. The van der Waals surface area contributed by atoms with Gasteiger partial charge in [0.1, 0.15) is 0 Å². The maximum atomic E-state index is 13.1. The summed E-state index contributed by atoms with van der Waals surface area (Å²) in [5.74, 6) is 0.878. The Bertz CT molecular complexity index is 1200. The molecule has 2 saturated heterocycles. The predicted octanol–water partition coefficient (Wildman–Crippen LogP) is 2.84. The molecule has 174 valence electrons. The number of carbonyl (C=O) groups is 1. The second kappa shape index (κ2) is 9.34. The Hall–Kier alpha value is -2.60. The first-order chi connectivity index (χ1) is 16.0. The average Bonchev–Trinajstić information content (AvgIpc) is 3.57. The molecule has 4 heterocycles. The topological polar surface area (TPSA) is 106 Å². The summed E-state index contributed by atoms with van der Waals surface area (Å²) >= 11 is 1.57. The number of hydrogen-bond acceptors (Lipinski definition) is 8. The van der Waals surface area contributed by atoms with Crippen molar-refractivity contribution in [2.24, 2.45) is 0 Å². The third-order valence-corrected chi connectivity index (χ3v) is 8.57. The summed E-state index contributed by atoms with van der Waals surface area (Å²) in [7, 11) is -3.59. The standard InChI is InChI=1S/C22H24N4O5S2/c27-22(16-3-5-19(6-4-16)33(28,29)26-9-11-30-12-10-26)25-8-1-2-17(14-25)20-23-24-21(31-20)18-7-13-32-15-18/h3-7,13,15,17H,1-2,8-12,14H2. The van der Waals surface area contributed by atoms with Crippen molar-refractivity contribution in [2.45, 2.75) is 23.7 Å². The fourth-order valence-electron chi connectivity index (χ4n) is 4.15. The molecule has 0 bridgehead atoms. The van der Waals surface area contributed by atoms with E-state index in [9.17, 15) is 13.2 Å². The Kier molecular flexibility index (Phi) is 6.28. The fourth-order valence-corrected chi connectivity index (χ4v) is 6.19. The molecule has 2 aliphatic rings. The van der Waals surface area contributed by atoms with Crippen LogP contribution in [0.25, 0.3) is 11.5 Å². The second-order valence-electron chi connectivity index (χ2n) is 8.09. The smallest absolute Gasteiger partial charge is 0.253 e. The van der Waals surface area contributed by atoms with Gasteiger partial charge in [-0.1, -0.05) is 0 Å². The van der Waals surface area contributed by atoms with Gasteiger partial charge in [-0.3, -0.25) is 4.79 Å². The van der Waals surface area contributed by atoms with E-state index in [1.54, 1.807) is 28.4 Å². The lowest BCUT2D eigenvalue weighted by atomic mass is 9.97. The van der Waals surface area contributed by atoms with Gasteiger partial charge in [-0.25, -0.2) is 8.42 Å². The van der Waals surface area contributed by atoms with Crippen LogP contribution in [-0.2, 0) is 14.8 Å². The highest BCUT2D eigenvalue weighted by Crippen LogP contribution is 2.30. The molecule has 33 heavy (non-hydrogen) atoms. The summed E-state index contributed by atoms with van der Waals surface area (Å²) in [5.41, 5.74) is 1.36. The Morgan fingerprint density at radius 2 is 1.85 bits per heavy atom. The number of piperidine rings is 1. The minimum Gasteiger partial charge on any atom is -0.420 e. The summed E-state index contributed by atoms with van der Waals surface area (Å²) < 4.78 is 38.1. The van der Waals surface area contributed by atoms with Gasteiger partial charge in [-0.05, 0) is 48.6 Å². The van der Waals surface area contributed by atoms with Gasteiger partial charge in [0.15, 0.2) is 0 Å². The SMILES string of the molecule is O=C(c1ccc(S(=O)(=O)N2CCOCC2)cc1)N1CCCC(c2nnc(-c3ccsc3)o2)C1. The highest BCUT2D eigenvalue weighted by atomic mass is 32.2. The molecule has 5 rings (SSSR count). The molecule has 0 saturated carbocycles. The van der Waals surface area contributed by atoms with E-state index in [0.717, 1.165) is 18.4 Å². The number of aromatic nitrogens is 2. The maximum absolute atomic E-state index is 13.1. The first kappa shape index (κ1) is 22.2. The van der Waals surface area contributed by atoms with E-state index >= 15 is 0 Å². The van der Waals surface area contributed by atoms with E-state index in [1.165, 1.54) is 16.4 Å². The van der Waals surface area contributed by atoms with Crippen molar-refractivity contribution < 1.29 is 22.4 Å². The van der Waals surface area contributed by atoms with Crippen LogP contribution in [0.3, 0.4) is 0 Å². The molecule has 2 aliphatic heterocycles. The number of carbonyl (C=O) groups excluding carboxylic acids is 1. The molecule has 1 atom stereocenters. The van der Waals surface area contributed by atoms with Crippen molar-refractivity contribution in [2.75, 3.05) is 39.4 Å². The van der Waals surface area contributed by atoms with Crippen molar-refractivity contribution in [3.63, 3.8) is 0 Å². The number of nitrogens with zero attached hydrogens (tertiary/aromatic N) is 4. The number of ether oxygens (including phenoxy) is 1. The van der Waals surface area contributed by atoms with Gasteiger partial charge in [-0.15, -0.1) is 10.2 Å². The van der Waals surface area contributed by atoms with Crippen LogP contribution in [0.4, 0.5) is 0 Å². The third-order valence-electron chi connectivity index (χ3n) is 5.98. The van der Waals surface area contributed by atoms with Crippen molar-refractivity contribution in [1.82, 2.24) is 19.4 Å². The molecule has 2 fully saturated rings. The summed E-state index contributed by atoms with van der Waals surface area (Å²) in [6.07, 6.45) is 1.70. The Morgan fingerprint density at radius 1 is 1.06 bits per heavy atom. The van der Waals surface area contributed by atoms with Crippen molar-refractivity contribution in [1.29, 1.82) is 0 Å². The van der Waals surface area contributed by atoms with E-state index in [2.05, 4.69) is 10.2 Å². The first-order valence-electron chi connectivity index (χ1n) is 10.9. The van der Waals surface area contributed by atoms with Crippen molar-refractivity contribution in [3.8, 4) is 11.5 Å². The third kappa shape index (κ3) is 4.58. The van der Waals surface area contributed by atoms with Crippen molar-refractivity contribution >= 4 is 27.3 Å². The van der Waals surface area contributed by atoms with Crippen LogP contribution in [0.15, 0.2) is 50.4 Å². The van der Waals surface area contributed by atoms with Crippen LogP contribution >= 0.6 is 11.3 Å². The van der Waals surface area contributed by atoms with E-state index < -0.39 is 10.0 Å². The molecule has 2 aromatic heterocycles. The molecule has 0 radical (unpaired) electrons. The summed E-state index contributed by atoms with van der Waals surface area (Å²) in [5, 5.41) is 12.3. The average molecular weight is 489 g/mol. The molecule has 0 aliphatic carbocycles. The number of hydrogen-bond donors (Lipinski definition) is 0. The summed E-state index contributed by atoms with van der Waals surface area (Å²) in [6.45, 7) is 2.57. The van der Waals surface area contributed by atoms with Gasteiger partial charge in [0, 0.05) is 42.7 Å². The number of benzene rings is 1. The zero-order valence-electron chi connectivity index (χ0n) is 17.9. The fraction of sp³-hybridized carbons (Fsp3) is 0.409. The number of amides is 1. The lowest BCUT2D eigenvalue weighted by Crippen LogP contribution is -2.40. The number of sulfonamides is 1. The van der Waals surface area contributed by atoms with Gasteiger partial charge >= 0.3 is 0 Å². The van der Waals surface area contributed by atoms with Crippen LogP contribution in [0, 0.1) is 0 Å². The largest absolute Gasteiger partial charge is 0.420 e. The molecule has 11 heteroatoms. The highest BCUT2D eigenvalue weighted by molar-refractivity contribution is 7.89. The number of morpholine rings is 1. The van der Waals surface area contributed by atoms with Crippen LogP contribution in [-0.4, -0.2) is 73.1 Å². The van der Waals surface area contributed by atoms with E-state index in [4.69, 9.17) is 9.15 Å². The van der Waals surface area contributed by atoms with Crippen LogP contribution in [0.5, 0.6) is 0 Å². The molecule has 3 aromatic rings. The van der Waals surface area contributed by atoms with Gasteiger partial charge in [0.05, 0.1) is 24.0 Å². The van der Waals surface area contributed by atoms with Gasteiger partial charge in [-0.2, -0.15) is 15.6 Å². The second-order valence-corrected chi connectivity index (χ2v) is 10.8. The molecule has 0 spiro atoms. The Morgan fingerprint density at radius 3 is 2.58 bits per heavy atom. The molecule has 0 N–H and O–H groups in total. The van der Waals surface area contributed by atoms with E-state index in [1.807, 2.05) is 16.8 Å². The number of rotatable bonds is 5. The normalized spacial score (nSPS) is 20.1. The van der Waals surface area contributed by atoms with Gasteiger partial charge in [0.25, 0.3) is 5.91 Å². The summed E-state index contributed by atoms with van der Waals surface area (Å²) in [4.78, 5) is 15.1. The molecule has 1 aromatic carbocycles.